The van der Waals surface area contributed by atoms with Crippen molar-refractivity contribution in [3.63, 3.8) is 0 Å². The molecule has 7 nitrogen and oxygen atoms in total. The Kier molecular flexibility index (Phi) is 4.87. The maximum atomic E-state index is 12.5. The van der Waals surface area contributed by atoms with Crippen LogP contribution in [-0.2, 0) is 18.2 Å². The molecule has 0 aliphatic carbocycles. The predicted molar refractivity (Wildman–Crippen MR) is 87.5 cm³/mol. The molecule has 1 saturated heterocycles. The van der Waals surface area contributed by atoms with Gasteiger partial charge >= 0.3 is 0 Å². The highest BCUT2D eigenvalue weighted by Gasteiger charge is 2.22. The number of aryl methyl sites for hydroxylation is 1. The third-order valence-electron chi connectivity index (χ3n) is 4.12. The van der Waals surface area contributed by atoms with Crippen LogP contribution in [0.4, 0.5) is 5.82 Å². The van der Waals surface area contributed by atoms with Gasteiger partial charge in [0, 0.05) is 32.4 Å². The van der Waals surface area contributed by atoms with Gasteiger partial charge in [-0.3, -0.25) is 9.48 Å². The molecule has 0 unspecified atom stereocenters. The molecule has 1 aliphatic rings. The second-order valence-electron chi connectivity index (χ2n) is 5.80. The predicted octanol–water partition coefficient (Wildman–Crippen LogP) is 2.03. The molecule has 24 heavy (non-hydrogen) atoms. The normalized spacial score (nSPS) is 15.0. The quantitative estimate of drug-likeness (QED) is 0.928. The highest BCUT2D eigenvalue weighted by Crippen LogP contribution is 2.26. The van der Waals surface area contributed by atoms with Gasteiger partial charge in [0.1, 0.15) is 11.5 Å². The summed E-state index contributed by atoms with van der Waals surface area (Å²) in [7, 11) is 1.76. The molecule has 1 amide bonds. The fraction of sp³-hybridized carbons (Fsp3) is 0.412. The largest absolute Gasteiger partial charge is 0.381 e. The number of anilines is 1. The minimum absolute atomic E-state index is 0.259. The minimum atomic E-state index is -0.259. The molecule has 2 aromatic heterocycles. The van der Waals surface area contributed by atoms with Crippen LogP contribution in [0, 0.1) is 11.3 Å². The molecule has 0 radical (unpaired) electrons. The van der Waals surface area contributed by atoms with Crippen molar-refractivity contribution in [2.24, 2.45) is 7.05 Å². The van der Waals surface area contributed by atoms with Gasteiger partial charge in [0.2, 0.25) is 0 Å². The van der Waals surface area contributed by atoms with Crippen molar-refractivity contribution in [1.82, 2.24) is 14.8 Å². The number of hydrogen-bond acceptors (Lipinski definition) is 5. The van der Waals surface area contributed by atoms with Gasteiger partial charge in [-0.2, -0.15) is 10.4 Å². The molecule has 124 valence electrons. The fourth-order valence-electron chi connectivity index (χ4n) is 2.82. The number of ether oxygens (including phenoxy) is 1. The van der Waals surface area contributed by atoms with Crippen molar-refractivity contribution in [2.75, 3.05) is 18.5 Å². The summed E-state index contributed by atoms with van der Waals surface area (Å²) in [4.78, 5) is 16.6. The molecule has 1 aliphatic heterocycles. The Labute approximate surface area is 140 Å². The molecule has 1 N–H and O–H groups in total. The zero-order valence-corrected chi connectivity index (χ0v) is 13.5. The third kappa shape index (κ3) is 3.60. The van der Waals surface area contributed by atoms with Gasteiger partial charge in [0.15, 0.2) is 0 Å². The fourth-order valence-corrected chi connectivity index (χ4v) is 2.82. The monoisotopic (exact) mass is 325 g/mol. The molecule has 3 heterocycles. The lowest BCUT2D eigenvalue weighted by atomic mass is 9.96. The number of nitriles is 1. The van der Waals surface area contributed by atoms with E-state index in [0.717, 1.165) is 37.3 Å². The van der Waals surface area contributed by atoms with E-state index in [1.54, 1.807) is 30.1 Å². The summed E-state index contributed by atoms with van der Waals surface area (Å²) in [5, 5.41) is 16.0. The Hall–Kier alpha value is -2.72. The number of hydrogen-bond donors (Lipinski definition) is 1. The number of aromatic nitrogens is 3. The van der Waals surface area contributed by atoms with Crippen LogP contribution in [-0.4, -0.2) is 33.9 Å². The number of pyridine rings is 1. The number of carbonyl (C=O) groups is 1. The molecule has 2 aromatic rings. The first-order chi connectivity index (χ1) is 11.7. The third-order valence-corrected chi connectivity index (χ3v) is 4.12. The van der Waals surface area contributed by atoms with Crippen molar-refractivity contribution >= 4 is 11.7 Å². The molecule has 7 heteroatoms. The Morgan fingerprint density at radius 3 is 3.00 bits per heavy atom. The lowest BCUT2D eigenvalue weighted by Gasteiger charge is -2.19. The van der Waals surface area contributed by atoms with Crippen molar-refractivity contribution in [3.05, 3.63) is 41.3 Å². The van der Waals surface area contributed by atoms with Crippen molar-refractivity contribution < 1.29 is 9.53 Å². The second-order valence-corrected chi connectivity index (χ2v) is 5.80. The van der Waals surface area contributed by atoms with Gasteiger partial charge in [-0.1, -0.05) is 0 Å². The van der Waals surface area contributed by atoms with E-state index in [4.69, 9.17) is 10.00 Å². The number of nitrogens with zero attached hydrogens (tertiary/aromatic N) is 4. The standard InChI is InChI=1S/C17H19N5O2/c1-22-15(11-14(21-22)13-4-8-24-9-5-13)17(23)20-16-10-12(2-6-18)3-7-19-16/h3,7,10-11,13H,2,4-5,8-9H2,1H3,(H,19,20,23). The Morgan fingerprint density at radius 2 is 2.25 bits per heavy atom. The SMILES string of the molecule is Cn1nc(C2CCOCC2)cc1C(=O)Nc1cc(CC#N)ccn1. The van der Waals surface area contributed by atoms with Crippen LogP contribution in [0.1, 0.15) is 40.5 Å². The minimum Gasteiger partial charge on any atom is -0.381 e. The van der Waals surface area contributed by atoms with E-state index in [1.807, 2.05) is 6.07 Å². The van der Waals surface area contributed by atoms with E-state index in [2.05, 4.69) is 21.5 Å². The van der Waals surface area contributed by atoms with Gasteiger partial charge < -0.3 is 10.1 Å². The summed E-state index contributed by atoms with van der Waals surface area (Å²) >= 11 is 0. The summed E-state index contributed by atoms with van der Waals surface area (Å²) in [5.41, 5.74) is 2.23. The average molecular weight is 325 g/mol. The van der Waals surface area contributed by atoms with E-state index in [-0.39, 0.29) is 12.3 Å². The number of carbonyl (C=O) groups excluding carboxylic acids is 1. The van der Waals surface area contributed by atoms with Crippen LogP contribution in [0.3, 0.4) is 0 Å². The lowest BCUT2D eigenvalue weighted by Crippen LogP contribution is -2.16. The molecule has 0 aromatic carbocycles. The number of nitrogens with one attached hydrogen (secondary N) is 1. The highest BCUT2D eigenvalue weighted by atomic mass is 16.5. The van der Waals surface area contributed by atoms with E-state index in [1.165, 1.54) is 0 Å². The average Bonchev–Trinajstić information content (AvgIpc) is 2.98. The lowest BCUT2D eigenvalue weighted by molar-refractivity contribution is 0.0844. The molecule has 1 fully saturated rings. The molecule has 0 bridgehead atoms. The van der Waals surface area contributed by atoms with Gasteiger partial charge in [0.25, 0.3) is 5.91 Å². The van der Waals surface area contributed by atoms with Gasteiger partial charge in [0.05, 0.1) is 18.2 Å². The van der Waals surface area contributed by atoms with Crippen molar-refractivity contribution in [2.45, 2.75) is 25.2 Å². The molecule has 0 spiro atoms. The second kappa shape index (κ2) is 7.23. The molecule has 0 saturated carbocycles. The van der Waals surface area contributed by atoms with Crippen LogP contribution in [0.15, 0.2) is 24.4 Å². The Bertz CT molecular complexity index is 772. The van der Waals surface area contributed by atoms with Crippen molar-refractivity contribution in [3.8, 4) is 6.07 Å². The molecule has 0 atom stereocenters. The van der Waals surface area contributed by atoms with Gasteiger partial charge in [-0.05, 0) is 36.6 Å². The highest BCUT2D eigenvalue weighted by molar-refractivity contribution is 6.02. The van der Waals surface area contributed by atoms with Crippen LogP contribution >= 0.6 is 0 Å². The van der Waals surface area contributed by atoms with Gasteiger partial charge in [-0.15, -0.1) is 0 Å². The summed E-state index contributed by atoms with van der Waals surface area (Å²) in [6.07, 6.45) is 3.72. The van der Waals surface area contributed by atoms with Crippen LogP contribution < -0.4 is 5.32 Å². The summed E-state index contributed by atoms with van der Waals surface area (Å²) in [6.45, 7) is 1.47. The maximum absolute atomic E-state index is 12.5. The Morgan fingerprint density at radius 1 is 1.46 bits per heavy atom. The van der Waals surface area contributed by atoms with Crippen LogP contribution in [0.25, 0.3) is 0 Å². The van der Waals surface area contributed by atoms with E-state index >= 15 is 0 Å². The van der Waals surface area contributed by atoms with Crippen LogP contribution in [0.5, 0.6) is 0 Å². The number of rotatable bonds is 4. The van der Waals surface area contributed by atoms with E-state index in [0.29, 0.717) is 17.4 Å². The number of amides is 1. The van der Waals surface area contributed by atoms with E-state index < -0.39 is 0 Å². The Balaban J connectivity index is 1.74. The first-order valence-corrected chi connectivity index (χ1v) is 7.92. The first-order valence-electron chi connectivity index (χ1n) is 7.92. The van der Waals surface area contributed by atoms with Crippen molar-refractivity contribution in [1.29, 1.82) is 5.26 Å². The first kappa shape index (κ1) is 16.1. The van der Waals surface area contributed by atoms with Crippen LogP contribution in [0.2, 0.25) is 0 Å². The zero-order chi connectivity index (χ0) is 16.9. The van der Waals surface area contributed by atoms with Gasteiger partial charge in [-0.25, -0.2) is 4.98 Å². The molecular weight excluding hydrogens is 306 g/mol. The summed E-state index contributed by atoms with van der Waals surface area (Å²) in [6, 6.07) is 7.38. The maximum Gasteiger partial charge on any atom is 0.275 e. The van der Waals surface area contributed by atoms with E-state index in [9.17, 15) is 4.79 Å². The molecule has 3 rings (SSSR count). The summed E-state index contributed by atoms with van der Waals surface area (Å²) in [5.74, 6) is 0.509. The smallest absolute Gasteiger partial charge is 0.275 e. The molecular formula is C17H19N5O2. The summed E-state index contributed by atoms with van der Waals surface area (Å²) < 4.78 is 6.97. The zero-order valence-electron chi connectivity index (χ0n) is 13.5. The topological polar surface area (TPSA) is 92.8 Å².